The maximum absolute atomic E-state index is 5.69. The van der Waals surface area contributed by atoms with Crippen LogP contribution in [0.3, 0.4) is 0 Å². The second kappa shape index (κ2) is 5.51. The molecule has 6 heteroatoms. The molecule has 0 aliphatic heterocycles. The van der Waals surface area contributed by atoms with Crippen LogP contribution in [0.4, 0.5) is 0 Å². The number of rotatable bonds is 4. The maximum Gasteiger partial charge on any atom is 0.149 e. The summed E-state index contributed by atoms with van der Waals surface area (Å²) in [7, 11) is 0. The monoisotopic (exact) mass is 268 g/mol. The minimum absolute atomic E-state index is 0.572. The number of nitrogens with zero attached hydrogens (tertiary/aromatic N) is 4. The Kier molecular flexibility index (Phi) is 4.02. The average molecular weight is 269 g/mol. The van der Waals surface area contributed by atoms with Crippen LogP contribution < -0.4 is 0 Å². The molecule has 0 saturated carbocycles. The molecule has 0 aliphatic carbocycles. The molecule has 2 aromatic heterocycles. The molecule has 0 aliphatic rings. The van der Waals surface area contributed by atoms with Gasteiger partial charge in [0.15, 0.2) is 0 Å². The Hall–Kier alpha value is -1.07. The van der Waals surface area contributed by atoms with Crippen molar-refractivity contribution in [2.45, 2.75) is 26.7 Å². The number of aromatic nitrogens is 4. The lowest BCUT2D eigenvalue weighted by atomic mass is 10.1. The summed E-state index contributed by atoms with van der Waals surface area (Å²) in [6, 6.07) is 2.01. The van der Waals surface area contributed by atoms with E-state index in [0.717, 1.165) is 39.8 Å². The first-order valence-electron chi connectivity index (χ1n) is 5.46. The normalized spacial score (nSPS) is 10.8. The van der Waals surface area contributed by atoms with Gasteiger partial charge in [-0.15, -0.1) is 21.8 Å². The molecule has 0 N–H and O–H groups in total. The minimum Gasteiger partial charge on any atom is -0.156 e. The van der Waals surface area contributed by atoms with Gasteiger partial charge in [0.1, 0.15) is 10.0 Å². The maximum atomic E-state index is 5.69. The van der Waals surface area contributed by atoms with Crippen molar-refractivity contribution in [3.63, 3.8) is 0 Å². The number of halogens is 1. The molecule has 0 atom stereocenters. The summed E-state index contributed by atoms with van der Waals surface area (Å²) in [5.74, 6) is 0.572. The molecule has 4 nitrogen and oxygen atoms in total. The summed E-state index contributed by atoms with van der Waals surface area (Å²) in [5, 5.41) is 18.4. The van der Waals surface area contributed by atoms with Gasteiger partial charge in [-0.1, -0.05) is 18.3 Å². The highest BCUT2D eigenvalue weighted by molar-refractivity contribution is 7.14. The lowest BCUT2D eigenvalue weighted by Gasteiger charge is -2.02. The van der Waals surface area contributed by atoms with Crippen molar-refractivity contribution in [3.05, 3.63) is 22.5 Å². The largest absolute Gasteiger partial charge is 0.156 e. The Balaban J connectivity index is 2.40. The first-order chi connectivity index (χ1) is 8.24. The van der Waals surface area contributed by atoms with Crippen LogP contribution in [0.1, 0.15) is 23.3 Å². The molecule has 0 saturated heterocycles. The van der Waals surface area contributed by atoms with Crippen LogP contribution >= 0.6 is 22.9 Å². The lowest BCUT2D eigenvalue weighted by Crippen LogP contribution is -1.97. The van der Waals surface area contributed by atoms with Crippen molar-refractivity contribution < 1.29 is 0 Å². The third kappa shape index (κ3) is 2.79. The summed E-state index contributed by atoms with van der Waals surface area (Å²) in [4.78, 5) is 0. The zero-order valence-corrected chi connectivity index (χ0v) is 11.3. The van der Waals surface area contributed by atoms with Gasteiger partial charge in [-0.2, -0.15) is 10.2 Å². The van der Waals surface area contributed by atoms with E-state index < -0.39 is 0 Å². The Morgan fingerprint density at radius 2 is 2.06 bits per heavy atom. The summed E-state index contributed by atoms with van der Waals surface area (Å²) in [6.07, 6.45) is 1.60. The van der Waals surface area contributed by atoms with E-state index in [-0.39, 0.29) is 0 Å². The van der Waals surface area contributed by atoms with E-state index in [0.29, 0.717) is 5.88 Å². The van der Waals surface area contributed by atoms with Crippen molar-refractivity contribution in [2.24, 2.45) is 0 Å². The zero-order chi connectivity index (χ0) is 12.3. The van der Waals surface area contributed by atoms with Gasteiger partial charge in [0.2, 0.25) is 0 Å². The van der Waals surface area contributed by atoms with Crippen molar-refractivity contribution in [2.75, 3.05) is 5.88 Å². The van der Waals surface area contributed by atoms with E-state index in [1.807, 2.05) is 13.0 Å². The van der Waals surface area contributed by atoms with Gasteiger partial charge in [-0.25, -0.2) is 0 Å². The molecule has 0 fully saturated rings. The lowest BCUT2D eigenvalue weighted by molar-refractivity contribution is 0.893. The van der Waals surface area contributed by atoms with Crippen molar-refractivity contribution in [3.8, 4) is 10.6 Å². The van der Waals surface area contributed by atoms with Gasteiger partial charge in [0.25, 0.3) is 0 Å². The summed E-state index contributed by atoms with van der Waals surface area (Å²) < 4.78 is 0. The predicted molar refractivity (Wildman–Crippen MR) is 69.5 cm³/mol. The van der Waals surface area contributed by atoms with E-state index in [9.17, 15) is 0 Å². The topological polar surface area (TPSA) is 51.6 Å². The smallest absolute Gasteiger partial charge is 0.149 e. The third-order valence-corrected chi connectivity index (χ3v) is 3.54. The van der Waals surface area contributed by atoms with Gasteiger partial charge in [0.05, 0.1) is 11.4 Å². The second-order valence-corrected chi connectivity index (χ2v) is 5.08. The zero-order valence-electron chi connectivity index (χ0n) is 9.77. The predicted octanol–water partition coefficient (Wildman–Crippen LogP) is 2.65. The minimum atomic E-state index is 0.572. The van der Waals surface area contributed by atoms with Crippen molar-refractivity contribution in [1.82, 2.24) is 20.4 Å². The van der Waals surface area contributed by atoms with E-state index in [4.69, 9.17) is 11.6 Å². The molecule has 2 heterocycles. The van der Waals surface area contributed by atoms with Gasteiger partial charge >= 0.3 is 0 Å². The molecule has 0 bridgehead atoms. The molecular weight excluding hydrogens is 256 g/mol. The van der Waals surface area contributed by atoms with Crippen LogP contribution in [0.2, 0.25) is 0 Å². The highest BCUT2D eigenvalue weighted by Crippen LogP contribution is 2.26. The van der Waals surface area contributed by atoms with Crippen LogP contribution in [-0.4, -0.2) is 26.3 Å². The second-order valence-electron chi connectivity index (χ2n) is 3.64. The fraction of sp³-hybridized carbons (Fsp3) is 0.455. The quantitative estimate of drug-likeness (QED) is 0.800. The van der Waals surface area contributed by atoms with Gasteiger partial charge in [0, 0.05) is 17.9 Å². The summed E-state index contributed by atoms with van der Waals surface area (Å²) in [6.45, 7) is 3.99. The SMILES string of the molecule is CCc1nnc(C)cc1-c1nnc(CCCl)s1. The summed E-state index contributed by atoms with van der Waals surface area (Å²) in [5.41, 5.74) is 2.90. The molecular formula is C11H13ClN4S. The number of hydrogen-bond donors (Lipinski definition) is 0. The molecule has 0 unspecified atom stereocenters. The van der Waals surface area contributed by atoms with E-state index in [1.54, 1.807) is 11.3 Å². The number of hydrogen-bond acceptors (Lipinski definition) is 5. The molecule has 0 radical (unpaired) electrons. The molecule has 2 aromatic rings. The Morgan fingerprint density at radius 1 is 1.24 bits per heavy atom. The molecule has 90 valence electrons. The van der Waals surface area contributed by atoms with Gasteiger partial charge < -0.3 is 0 Å². The van der Waals surface area contributed by atoms with Crippen LogP contribution in [0.25, 0.3) is 10.6 Å². The first-order valence-corrected chi connectivity index (χ1v) is 6.81. The fourth-order valence-electron chi connectivity index (χ4n) is 1.50. The number of aryl methyl sites for hydroxylation is 3. The molecule has 2 rings (SSSR count). The Labute approximate surface area is 109 Å². The van der Waals surface area contributed by atoms with Crippen LogP contribution in [0.15, 0.2) is 6.07 Å². The molecule has 17 heavy (non-hydrogen) atoms. The van der Waals surface area contributed by atoms with Crippen LogP contribution in [0.5, 0.6) is 0 Å². The van der Waals surface area contributed by atoms with Crippen LogP contribution in [-0.2, 0) is 12.8 Å². The van der Waals surface area contributed by atoms with E-state index in [2.05, 4.69) is 27.3 Å². The van der Waals surface area contributed by atoms with E-state index >= 15 is 0 Å². The van der Waals surface area contributed by atoms with Gasteiger partial charge in [-0.05, 0) is 19.4 Å². The van der Waals surface area contributed by atoms with Gasteiger partial charge in [-0.3, -0.25) is 0 Å². The van der Waals surface area contributed by atoms with Crippen LogP contribution in [0, 0.1) is 6.92 Å². The molecule has 0 amide bonds. The average Bonchev–Trinajstić information content (AvgIpc) is 2.78. The standard InChI is InChI=1S/C11H13ClN4S/c1-3-9-8(6-7(2)13-14-9)11-16-15-10(17-11)4-5-12/h6H,3-5H2,1-2H3. The molecule has 0 spiro atoms. The number of alkyl halides is 1. The third-order valence-electron chi connectivity index (χ3n) is 2.33. The van der Waals surface area contributed by atoms with Crippen molar-refractivity contribution in [1.29, 1.82) is 0 Å². The Morgan fingerprint density at radius 3 is 2.76 bits per heavy atom. The highest BCUT2D eigenvalue weighted by atomic mass is 35.5. The van der Waals surface area contributed by atoms with Crippen molar-refractivity contribution >= 4 is 22.9 Å². The fourth-order valence-corrected chi connectivity index (χ4v) is 2.67. The molecule has 0 aromatic carbocycles. The summed E-state index contributed by atoms with van der Waals surface area (Å²) >= 11 is 7.27. The van der Waals surface area contributed by atoms with E-state index in [1.165, 1.54) is 0 Å². The highest BCUT2D eigenvalue weighted by Gasteiger charge is 2.12. The first kappa shape index (κ1) is 12.4. The Bertz CT molecular complexity index is 512.